The van der Waals surface area contributed by atoms with Crippen molar-refractivity contribution in [1.82, 2.24) is 0 Å². The summed E-state index contributed by atoms with van der Waals surface area (Å²) in [4.78, 5) is 11.6. The predicted octanol–water partition coefficient (Wildman–Crippen LogP) is 3.19. The maximum atomic E-state index is 12.8. The second-order valence-corrected chi connectivity index (χ2v) is 3.30. The molecule has 0 aliphatic rings. The number of Topliss-reactive ketones (excluding diaryl/α,β-unsaturated/α-hetero) is 1. The van der Waals surface area contributed by atoms with Crippen LogP contribution in [0.2, 0.25) is 0 Å². The summed E-state index contributed by atoms with van der Waals surface area (Å²) >= 11 is 0. The van der Waals surface area contributed by atoms with Crippen LogP contribution in [0.4, 0.5) is 8.78 Å². The Hall–Kier alpha value is -1.25. The Kier molecular flexibility index (Phi) is 3.33. The van der Waals surface area contributed by atoms with Gasteiger partial charge in [0.05, 0.1) is 0 Å². The Labute approximate surface area is 81.7 Å². The highest BCUT2D eigenvalue weighted by atomic mass is 19.2. The zero-order valence-electron chi connectivity index (χ0n) is 8.18. The van der Waals surface area contributed by atoms with Gasteiger partial charge in [0.1, 0.15) is 0 Å². The Balaban J connectivity index is 2.97. The maximum Gasteiger partial charge on any atom is 0.165 e. The Morgan fingerprint density at radius 2 is 2.00 bits per heavy atom. The van der Waals surface area contributed by atoms with Gasteiger partial charge >= 0.3 is 0 Å². The lowest BCUT2D eigenvalue weighted by molar-refractivity contribution is 0.0926. The van der Waals surface area contributed by atoms with E-state index >= 15 is 0 Å². The van der Waals surface area contributed by atoms with Crippen molar-refractivity contribution in [2.24, 2.45) is 5.92 Å². The largest absolute Gasteiger partial charge is 0.294 e. The number of rotatable bonds is 3. The van der Waals surface area contributed by atoms with Crippen molar-refractivity contribution in [3.8, 4) is 0 Å². The number of carbonyl (C=O) groups is 1. The normalized spacial score (nSPS) is 12.6. The van der Waals surface area contributed by atoms with E-state index in [9.17, 15) is 13.6 Å². The molecule has 1 atom stereocenters. The molecule has 14 heavy (non-hydrogen) atoms. The number of halogens is 2. The minimum atomic E-state index is -0.973. The van der Waals surface area contributed by atoms with E-state index < -0.39 is 11.6 Å². The molecule has 1 unspecified atom stereocenters. The molecule has 0 spiro atoms. The van der Waals surface area contributed by atoms with Gasteiger partial charge in [-0.1, -0.05) is 13.8 Å². The highest BCUT2D eigenvalue weighted by molar-refractivity contribution is 5.97. The van der Waals surface area contributed by atoms with Crippen LogP contribution in [0.15, 0.2) is 18.2 Å². The molecule has 0 fully saturated rings. The van der Waals surface area contributed by atoms with E-state index in [1.165, 1.54) is 6.07 Å². The summed E-state index contributed by atoms with van der Waals surface area (Å²) in [6.07, 6.45) is 0.692. The van der Waals surface area contributed by atoms with Crippen LogP contribution in [0.25, 0.3) is 0 Å². The van der Waals surface area contributed by atoms with Gasteiger partial charge in [-0.3, -0.25) is 4.79 Å². The van der Waals surface area contributed by atoms with Crippen molar-refractivity contribution in [2.75, 3.05) is 0 Å². The van der Waals surface area contributed by atoms with E-state index in [0.29, 0.717) is 6.42 Å². The van der Waals surface area contributed by atoms with Crippen LogP contribution >= 0.6 is 0 Å². The third-order valence-electron chi connectivity index (χ3n) is 2.26. The van der Waals surface area contributed by atoms with Gasteiger partial charge in [-0.2, -0.15) is 0 Å². The fraction of sp³-hybridized carbons (Fsp3) is 0.364. The van der Waals surface area contributed by atoms with Gasteiger partial charge in [0.2, 0.25) is 0 Å². The van der Waals surface area contributed by atoms with Crippen LogP contribution in [0, 0.1) is 17.6 Å². The maximum absolute atomic E-state index is 12.8. The van der Waals surface area contributed by atoms with Crippen molar-refractivity contribution in [2.45, 2.75) is 20.3 Å². The Morgan fingerprint density at radius 1 is 1.36 bits per heavy atom. The first-order valence-electron chi connectivity index (χ1n) is 4.55. The lowest BCUT2D eigenvalue weighted by Gasteiger charge is -2.07. The summed E-state index contributed by atoms with van der Waals surface area (Å²) in [6, 6.07) is 3.24. The third-order valence-corrected chi connectivity index (χ3v) is 2.26. The van der Waals surface area contributed by atoms with Crippen LogP contribution < -0.4 is 0 Å². The van der Waals surface area contributed by atoms with Gasteiger partial charge in [0.25, 0.3) is 0 Å². The summed E-state index contributed by atoms with van der Waals surface area (Å²) < 4.78 is 25.3. The van der Waals surface area contributed by atoms with Gasteiger partial charge in [0, 0.05) is 11.5 Å². The van der Waals surface area contributed by atoms with E-state index in [4.69, 9.17) is 0 Å². The first kappa shape index (κ1) is 10.8. The molecule has 0 bridgehead atoms. The summed E-state index contributed by atoms with van der Waals surface area (Å²) in [6.45, 7) is 3.64. The summed E-state index contributed by atoms with van der Waals surface area (Å²) in [7, 11) is 0. The Bertz CT molecular complexity index is 347. The molecule has 1 nitrogen and oxygen atoms in total. The van der Waals surface area contributed by atoms with Crippen LogP contribution in [-0.4, -0.2) is 5.78 Å². The van der Waals surface area contributed by atoms with Crippen molar-refractivity contribution < 1.29 is 13.6 Å². The number of hydrogen-bond acceptors (Lipinski definition) is 1. The van der Waals surface area contributed by atoms with E-state index in [2.05, 4.69) is 0 Å². The highest BCUT2D eigenvalue weighted by Gasteiger charge is 2.14. The molecule has 0 N–H and O–H groups in total. The third kappa shape index (κ3) is 2.16. The van der Waals surface area contributed by atoms with Gasteiger partial charge in [0.15, 0.2) is 17.4 Å². The molecular formula is C11H12F2O. The second-order valence-electron chi connectivity index (χ2n) is 3.30. The molecule has 76 valence electrons. The molecule has 0 heterocycles. The molecule has 0 saturated carbocycles. The lowest BCUT2D eigenvalue weighted by atomic mass is 9.97. The number of carbonyl (C=O) groups excluding carboxylic acids is 1. The number of benzene rings is 1. The number of ketones is 1. The molecule has 0 saturated heterocycles. The smallest absolute Gasteiger partial charge is 0.165 e. The van der Waals surface area contributed by atoms with E-state index in [0.717, 1.165) is 12.1 Å². The minimum absolute atomic E-state index is 0.147. The molecule has 1 aromatic rings. The predicted molar refractivity (Wildman–Crippen MR) is 50.1 cm³/mol. The SMILES string of the molecule is CCC(C)C(=O)c1ccc(F)c(F)c1. The van der Waals surface area contributed by atoms with E-state index in [1.807, 2.05) is 6.92 Å². The fourth-order valence-corrected chi connectivity index (χ4v) is 1.12. The first-order valence-corrected chi connectivity index (χ1v) is 4.55. The summed E-state index contributed by atoms with van der Waals surface area (Å²) in [5.41, 5.74) is 0.234. The van der Waals surface area contributed by atoms with E-state index in [1.54, 1.807) is 6.92 Å². The molecule has 0 amide bonds. The van der Waals surface area contributed by atoms with Crippen LogP contribution in [0.3, 0.4) is 0 Å². The molecule has 0 aliphatic heterocycles. The van der Waals surface area contributed by atoms with Crippen LogP contribution in [0.1, 0.15) is 30.6 Å². The van der Waals surface area contributed by atoms with Gasteiger partial charge < -0.3 is 0 Å². The summed E-state index contributed by atoms with van der Waals surface area (Å²) in [5.74, 6) is -2.20. The molecule has 0 radical (unpaired) electrons. The molecule has 0 aromatic heterocycles. The minimum Gasteiger partial charge on any atom is -0.294 e. The van der Waals surface area contributed by atoms with Crippen LogP contribution in [0.5, 0.6) is 0 Å². The van der Waals surface area contributed by atoms with Crippen molar-refractivity contribution in [3.63, 3.8) is 0 Å². The molecule has 1 rings (SSSR count). The van der Waals surface area contributed by atoms with Crippen molar-refractivity contribution in [3.05, 3.63) is 35.4 Å². The zero-order chi connectivity index (χ0) is 10.7. The fourth-order valence-electron chi connectivity index (χ4n) is 1.12. The van der Waals surface area contributed by atoms with Crippen molar-refractivity contribution in [1.29, 1.82) is 0 Å². The zero-order valence-corrected chi connectivity index (χ0v) is 8.18. The monoisotopic (exact) mass is 198 g/mol. The van der Waals surface area contributed by atoms with Crippen LogP contribution in [-0.2, 0) is 0 Å². The lowest BCUT2D eigenvalue weighted by Crippen LogP contribution is -2.10. The Morgan fingerprint density at radius 3 is 2.50 bits per heavy atom. The molecule has 3 heteroatoms. The van der Waals surface area contributed by atoms with Gasteiger partial charge in [-0.05, 0) is 24.6 Å². The second kappa shape index (κ2) is 4.31. The van der Waals surface area contributed by atoms with E-state index in [-0.39, 0.29) is 17.3 Å². The molecule has 0 aliphatic carbocycles. The quantitative estimate of drug-likeness (QED) is 0.681. The summed E-state index contributed by atoms with van der Waals surface area (Å²) in [5, 5.41) is 0. The van der Waals surface area contributed by atoms with Gasteiger partial charge in [-0.15, -0.1) is 0 Å². The number of hydrogen-bond donors (Lipinski definition) is 0. The van der Waals surface area contributed by atoms with Gasteiger partial charge in [-0.25, -0.2) is 8.78 Å². The molecule has 1 aromatic carbocycles. The average molecular weight is 198 g/mol. The molecular weight excluding hydrogens is 186 g/mol. The standard InChI is InChI=1S/C11H12F2O/c1-3-7(2)11(14)8-4-5-9(12)10(13)6-8/h4-7H,3H2,1-2H3. The highest BCUT2D eigenvalue weighted by Crippen LogP contribution is 2.14. The average Bonchev–Trinajstić information content (AvgIpc) is 2.20. The topological polar surface area (TPSA) is 17.1 Å². The first-order chi connectivity index (χ1) is 6.56. The van der Waals surface area contributed by atoms with Crippen molar-refractivity contribution >= 4 is 5.78 Å².